The minimum atomic E-state index is -0.184. The highest BCUT2D eigenvalue weighted by Gasteiger charge is 2.37. The Bertz CT molecular complexity index is 7300. The molecule has 0 saturated heterocycles. The van der Waals surface area contributed by atoms with E-state index in [-0.39, 0.29) is 5.41 Å². The Hall–Kier alpha value is -15.8. The Morgan fingerprint density at radius 1 is 0.215 bits per heavy atom. The maximum Gasteiger partial charge on any atom is 0.0547 e. The fourth-order valence-electron chi connectivity index (χ4n) is 18.3. The van der Waals surface area contributed by atoms with Gasteiger partial charge in [-0.15, -0.1) is 0 Å². The lowest BCUT2D eigenvalue weighted by Gasteiger charge is -2.29. The molecule has 22 rings (SSSR count). The predicted octanol–water partition coefficient (Wildman–Crippen LogP) is 31.3. The summed E-state index contributed by atoms with van der Waals surface area (Å²) >= 11 is 0. The van der Waals surface area contributed by atoms with E-state index in [4.69, 9.17) is 0 Å². The lowest BCUT2D eigenvalue weighted by atomic mass is 9.82. The number of para-hydroxylation sites is 11. The van der Waals surface area contributed by atoms with E-state index in [1.54, 1.807) is 0 Å². The molecule has 3 aromatic heterocycles. The summed E-state index contributed by atoms with van der Waals surface area (Å²) in [5.41, 5.74) is 32.4. The fourth-order valence-corrected chi connectivity index (χ4v) is 18.3. The molecule has 18 aromatic carbocycles. The second-order valence-corrected chi connectivity index (χ2v) is 31.5. The van der Waals surface area contributed by atoms with Gasteiger partial charge in [-0.25, -0.2) is 0 Å². The minimum Gasteiger partial charge on any atom is -0.310 e. The van der Waals surface area contributed by atoms with Gasteiger partial charge in [0.05, 0.1) is 33.4 Å². The average Bonchev–Trinajstić information content (AvgIpc) is 1.57. The number of hydrogen-bond donors (Lipinski definition) is 0. The van der Waals surface area contributed by atoms with E-state index in [1.807, 2.05) is 12.4 Å². The maximum absolute atomic E-state index is 4.35. The number of nitrogens with zero attached hydrogens (tertiary/aromatic N) is 7. The first-order chi connectivity index (χ1) is 59.8. The largest absolute Gasteiger partial charge is 0.310 e. The summed E-state index contributed by atoms with van der Waals surface area (Å²) in [6, 6.07) is 164. The van der Waals surface area contributed by atoms with Crippen LogP contribution >= 0.6 is 0 Å². The van der Waals surface area contributed by atoms with Crippen LogP contribution in [0.2, 0.25) is 0 Å². The van der Waals surface area contributed by atoms with Gasteiger partial charge in [0.2, 0.25) is 0 Å². The van der Waals surface area contributed by atoms with Crippen molar-refractivity contribution in [1.82, 2.24) is 14.1 Å². The van der Waals surface area contributed by atoms with Gasteiger partial charge in [-0.05, 0) is 238 Å². The predicted molar refractivity (Wildman–Crippen MR) is 509 cm³/mol. The topological polar surface area (TPSA) is 35.7 Å². The summed E-state index contributed by atoms with van der Waals surface area (Å²) in [5, 5.41) is 7.26. The maximum atomic E-state index is 4.35. The molecule has 1 aliphatic carbocycles. The van der Waals surface area contributed by atoms with Gasteiger partial charge < -0.3 is 28.7 Å². The standard InChI is InChI=1S/C57H40N4.C57H43N3/c1-4-16-45(17-5-1)59(55-26-14-11-23-51(55)43-31-35-53-52-24-12-15-27-56(52)61(57(53)39-43)47-20-8-3-9-21-47)48-32-28-41(29-33-48)50-22-10-13-25-54(50)60(46-18-6-2-7-19-46)49-34-30-44-40-58-37-36-42(44)38-49;1-57(2)53-36-33-47(58(42-17-7-3-8-18-42)43-19-9-4-10-20-43)38-52(53)49-35-32-48(39-54(49)57)59(44-21-11-5-12-22-44)46-30-27-40(28-31-46)41-29-34-51-50-25-15-16-26-55(50)60(56(51)37-41)45-23-13-6-14-24-45/h1-40H;3-39H,1-2H3. The van der Waals surface area contributed by atoms with Gasteiger partial charge in [-0.1, -0.05) is 281 Å². The summed E-state index contributed by atoms with van der Waals surface area (Å²) in [4.78, 5) is 13.8. The lowest BCUT2D eigenvalue weighted by molar-refractivity contribution is 0.660. The van der Waals surface area contributed by atoms with Crippen molar-refractivity contribution in [2.75, 3.05) is 19.6 Å². The zero-order valence-corrected chi connectivity index (χ0v) is 67.1. The van der Waals surface area contributed by atoms with Gasteiger partial charge in [0.1, 0.15) is 0 Å². The van der Waals surface area contributed by atoms with Crippen LogP contribution in [0.4, 0.5) is 68.2 Å². The third-order valence-corrected chi connectivity index (χ3v) is 24.0. The molecule has 1 aliphatic rings. The monoisotopic (exact) mass is 1550 g/mol. The van der Waals surface area contributed by atoms with Gasteiger partial charge in [0, 0.05) is 124 Å². The number of anilines is 12. The molecular formula is C114H83N7. The van der Waals surface area contributed by atoms with Crippen molar-refractivity contribution in [2.24, 2.45) is 0 Å². The molecule has 0 radical (unpaired) electrons. The summed E-state index contributed by atoms with van der Waals surface area (Å²) < 4.78 is 4.77. The van der Waals surface area contributed by atoms with E-state index in [2.05, 4.69) is 503 Å². The van der Waals surface area contributed by atoms with E-state index in [0.717, 1.165) is 113 Å². The van der Waals surface area contributed by atoms with Crippen molar-refractivity contribution < 1.29 is 0 Å². The highest BCUT2D eigenvalue weighted by molar-refractivity contribution is 6.12. The molecule has 7 nitrogen and oxygen atoms in total. The van der Waals surface area contributed by atoms with E-state index < -0.39 is 0 Å². The second-order valence-electron chi connectivity index (χ2n) is 31.5. The molecule has 121 heavy (non-hydrogen) atoms. The highest BCUT2D eigenvalue weighted by atomic mass is 15.2. The molecule has 574 valence electrons. The van der Waals surface area contributed by atoms with Crippen LogP contribution < -0.4 is 19.6 Å². The Labute approximate surface area is 705 Å². The van der Waals surface area contributed by atoms with Crippen molar-refractivity contribution in [3.63, 3.8) is 0 Å². The van der Waals surface area contributed by atoms with Crippen LogP contribution in [0.15, 0.2) is 467 Å². The SMILES string of the molecule is CC1(C)c2ccc(N(c3ccccc3)c3ccccc3)cc2-c2ccc(N(c3ccccc3)c3ccc(-c4ccc5c6ccccc6n(-c6ccccc6)c5c4)cc3)cc21.c1ccc(N(c2ccc(-c3ccccc3N(c3ccccc3)c3ccc4cnccc4c3)cc2)c2ccccc2-c2ccc3c4ccccc4n(-c4ccccc4)c3c2)cc1. The zero-order valence-electron chi connectivity index (χ0n) is 67.1. The number of fused-ring (bicyclic) bond motifs is 10. The molecule has 0 N–H and O–H groups in total. The molecule has 0 unspecified atom stereocenters. The third-order valence-electron chi connectivity index (χ3n) is 24.0. The molecule has 0 fully saturated rings. The van der Waals surface area contributed by atoms with Gasteiger partial charge in [-0.2, -0.15) is 0 Å². The van der Waals surface area contributed by atoms with Crippen LogP contribution in [0.1, 0.15) is 25.0 Å². The molecule has 0 amide bonds. The van der Waals surface area contributed by atoms with Crippen LogP contribution in [0, 0.1) is 0 Å². The minimum absolute atomic E-state index is 0.184. The van der Waals surface area contributed by atoms with E-state index in [1.165, 1.54) is 77.0 Å². The smallest absolute Gasteiger partial charge is 0.0547 e. The molecule has 0 atom stereocenters. The van der Waals surface area contributed by atoms with Crippen LogP contribution in [-0.2, 0) is 5.41 Å². The average molecular weight is 1550 g/mol. The van der Waals surface area contributed by atoms with Gasteiger partial charge in [-0.3, -0.25) is 4.98 Å². The Balaban J connectivity index is 0.000000149. The second kappa shape index (κ2) is 31.3. The first-order valence-corrected chi connectivity index (χ1v) is 41.5. The van der Waals surface area contributed by atoms with Crippen molar-refractivity contribution in [3.05, 3.63) is 478 Å². The van der Waals surface area contributed by atoms with E-state index in [9.17, 15) is 0 Å². The molecule has 3 heterocycles. The van der Waals surface area contributed by atoms with Gasteiger partial charge >= 0.3 is 0 Å². The first-order valence-electron chi connectivity index (χ1n) is 41.5. The van der Waals surface area contributed by atoms with Gasteiger partial charge in [0.25, 0.3) is 0 Å². The quantitative estimate of drug-likeness (QED) is 0.0908. The fraction of sp³-hybridized carbons (Fsp3) is 0.0263. The Morgan fingerprint density at radius 3 is 1.11 bits per heavy atom. The molecule has 7 heteroatoms. The highest BCUT2D eigenvalue weighted by Crippen LogP contribution is 2.54. The van der Waals surface area contributed by atoms with E-state index >= 15 is 0 Å². The molecule has 0 saturated carbocycles. The number of rotatable bonds is 17. The first kappa shape index (κ1) is 72.8. The molecule has 0 aliphatic heterocycles. The summed E-state index contributed by atoms with van der Waals surface area (Å²) in [6.45, 7) is 4.73. The summed E-state index contributed by atoms with van der Waals surface area (Å²) in [7, 11) is 0. The third kappa shape index (κ3) is 13.5. The zero-order chi connectivity index (χ0) is 80.7. The van der Waals surface area contributed by atoms with Crippen LogP contribution in [-0.4, -0.2) is 14.1 Å². The molecule has 0 spiro atoms. The van der Waals surface area contributed by atoms with Crippen LogP contribution in [0.3, 0.4) is 0 Å². The number of hydrogen-bond acceptors (Lipinski definition) is 5. The number of pyridine rings is 1. The van der Waals surface area contributed by atoms with Crippen molar-refractivity contribution in [1.29, 1.82) is 0 Å². The van der Waals surface area contributed by atoms with Crippen LogP contribution in [0.5, 0.6) is 0 Å². The Kier molecular flexibility index (Phi) is 18.9. The number of benzene rings is 18. The summed E-state index contributed by atoms with van der Waals surface area (Å²) in [6.07, 6.45) is 3.78. The van der Waals surface area contributed by atoms with Crippen molar-refractivity contribution in [2.45, 2.75) is 19.3 Å². The van der Waals surface area contributed by atoms with Crippen molar-refractivity contribution in [3.8, 4) is 55.9 Å². The van der Waals surface area contributed by atoms with E-state index in [0.29, 0.717) is 0 Å². The summed E-state index contributed by atoms with van der Waals surface area (Å²) in [5.74, 6) is 0. The number of aromatic nitrogens is 3. The lowest BCUT2D eigenvalue weighted by Crippen LogP contribution is -2.17. The molecule has 21 aromatic rings. The Morgan fingerprint density at radius 2 is 0.579 bits per heavy atom. The molecule has 0 bridgehead atoms. The molecular weight excluding hydrogens is 1470 g/mol. The van der Waals surface area contributed by atoms with Gasteiger partial charge in [0.15, 0.2) is 0 Å². The van der Waals surface area contributed by atoms with Crippen molar-refractivity contribution >= 4 is 123 Å². The van der Waals surface area contributed by atoms with Crippen LogP contribution in [0.25, 0.3) is 110 Å². The normalized spacial score (nSPS) is 12.0.